The molecule has 0 saturated carbocycles. The van der Waals surface area contributed by atoms with Crippen LogP contribution in [0, 0.1) is 5.82 Å². The van der Waals surface area contributed by atoms with Crippen molar-refractivity contribution >= 4 is 10.9 Å². The molecule has 4 heteroatoms. The lowest BCUT2D eigenvalue weighted by molar-refractivity contribution is 0.303. The molecule has 106 valence electrons. The first-order chi connectivity index (χ1) is 10.3. The first-order valence-electron chi connectivity index (χ1n) is 6.72. The molecule has 0 amide bonds. The van der Waals surface area contributed by atoms with Gasteiger partial charge in [0.2, 0.25) is 0 Å². The third kappa shape index (κ3) is 2.85. The van der Waals surface area contributed by atoms with E-state index >= 15 is 0 Å². The van der Waals surface area contributed by atoms with E-state index in [1.165, 1.54) is 12.1 Å². The van der Waals surface area contributed by atoms with Crippen LogP contribution in [0.2, 0.25) is 0 Å². The Balaban J connectivity index is 1.87. The Morgan fingerprint density at radius 2 is 1.90 bits per heavy atom. The van der Waals surface area contributed by atoms with Crippen LogP contribution < -0.4 is 10.5 Å². The molecule has 2 aromatic carbocycles. The highest BCUT2D eigenvalue weighted by atomic mass is 19.1. The van der Waals surface area contributed by atoms with Gasteiger partial charge in [-0.25, -0.2) is 4.39 Å². The molecule has 0 aliphatic carbocycles. The normalized spacial score (nSPS) is 10.8. The summed E-state index contributed by atoms with van der Waals surface area (Å²) in [6.07, 6.45) is 1.76. The molecule has 0 saturated heterocycles. The Kier molecular flexibility index (Phi) is 3.79. The number of hydrogen-bond donors (Lipinski definition) is 1. The van der Waals surface area contributed by atoms with Crippen LogP contribution in [0.25, 0.3) is 10.9 Å². The van der Waals surface area contributed by atoms with Crippen molar-refractivity contribution in [2.24, 2.45) is 5.73 Å². The molecule has 0 spiro atoms. The summed E-state index contributed by atoms with van der Waals surface area (Å²) in [4.78, 5) is 4.39. The van der Waals surface area contributed by atoms with Gasteiger partial charge in [0.15, 0.2) is 0 Å². The largest absolute Gasteiger partial charge is 0.488 e. The SMILES string of the molecule is NCc1cc(F)ccc1OCc1cccc2cccnc12. The predicted molar refractivity (Wildman–Crippen MR) is 80.4 cm³/mol. The molecular weight excluding hydrogens is 267 g/mol. The minimum Gasteiger partial charge on any atom is -0.488 e. The summed E-state index contributed by atoms with van der Waals surface area (Å²) in [5.41, 5.74) is 8.18. The maximum Gasteiger partial charge on any atom is 0.124 e. The van der Waals surface area contributed by atoms with Gasteiger partial charge in [-0.1, -0.05) is 24.3 Å². The zero-order valence-corrected chi connectivity index (χ0v) is 11.4. The molecule has 1 aromatic heterocycles. The molecule has 3 nitrogen and oxygen atoms in total. The average Bonchev–Trinajstić information content (AvgIpc) is 2.53. The van der Waals surface area contributed by atoms with E-state index in [2.05, 4.69) is 4.98 Å². The molecule has 3 rings (SSSR count). The number of fused-ring (bicyclic) bond motifs is 1. The van der Waals surface area contributed by atoms with E-state index in [-0.39, 0.29) is 12.4 Å². The summed E-state index contributed by atoms with van der Waals surface area (Å²) in [6, 6.07) is 14.2. The van der Waals surface area contributed by atoms with Crippen molar-refractivity contribution < 1.29 is 9.13 Å². The Labute approximate surface area is 122 Å². The molecule has 0 radical (unpaired) electrons. The Morgan fingerprint density at radius 3 is 2.76 bits per heavy atom. The Morgan fingerprint density at radius 1 is 1.05 bits per heavy atom. The fourth-order valence-electron chi connectivity index (χ4n) is 2.29. The van der Waals surface area contributed by atoms with Gasteiger partial charge in [-0.05, 0) is 24.3 Å². The minimum atomic E-state index is -0.311. The highest BCUT2D eigenvalue weighted by molar-refractivity contribution is 5.81. The summed E-state index contributed by atoms with van der Waals surface area (Å²) < 4.78 is 19.0. The first-order valence-corrected chi connectivity index (χ1v) is 6.72. The van der Waals surface area contributed by atoms with Crippen LogP contribution in [0.15, 0.2) is 54.7 Å². The van der Waals surface area contributed by atoms with Gasteiger partial charge in [0.1, 0.15) is 18.2 Å². The second kappa shape index (κ2) is 5.89. The molecule has 0 unspecified atom stereocenters. The fourth-order valence-corrected chi connectivity index (χ4v) is 2.29. The lowest BCUT2D eigenvalue weighted by Crippen LogP contribution is -2.04. The monoisotopic (exact) mass is 282 g/mol. The molecule has 0 aliphatic rings. The lowest BCUT2D eigenvalue weighted by Gasteiger charge is -2.11. The van der Waals surface area contributed by atoms with Crippen molar-refractivity contribution in [3.8, 4) is 5.75 Å². The standard InChI is InChI=1S/C17H15FN2O/c18-15-6-7-16(14(9-15)10-19)21-11-13-4-1-3-12-5-2-8-20-17(12)13/h1-9H,10-11,19H2. The number of halogens is 1. The van der Waals surface area contributed by atoms with E-state index in [0.29, 0.717) is 17.9 Å². The van der Waals surface area contributed by atoms with E-state index in [1.807, 2.05) is 30.3 Å². The van der Waals surface area contributed by atoms with Crippen LogP contribution in [-0.2, 0) is 13.2 Å². The van der Waals surface area contributed by atoms with Crippen LogP contribution >= 0.6 is 0 Å². The molecule has 3 aromatic rings. The highest BCUT2D eigenvalue weighted by Gasteiger charge is 2.06. The van der Waals surface area contributed by atoms with Gasteiger partial charge in [-0.15, -0.1) is 0 Å². The molecule has 1 heterocycles. The maximum absolute atomic E-state index is 13.2. The summed E-state index contributed by atoms with van der Waals surface area (Å²) in [5, 5.41) is 1.07. The lowest BCUT2D eigenvalue weighted by atomic mass is 10.1. The molecule has 0 bridgehead atoms. The third-order valence-electron chi connectivity index (χ3n) is 3.34. The molecule has 0 aliphatic heterocycles. The van der Waals surface area contributed by atoms with Crippen molar-refractivity contribution in [1.82, 2.24) is 4.98 Å². The van der Waals surface area contributed by atoms with Gasteiger partial charge >= 0.3 is 0 Å². The van der Waals surface area contributed by atoms with Gasteiger partial charge in [0.25, 0.3) is 0 Å². The van der Waals surface area contributed by atoms with Crippen LogP contribution in [0.3, 0.4) is 0 Å². The van der Waals surface area contributed by atoms with Crippen LogP contribution in [0.1, 0.15) is 11.1 Å². The van der Waals surface area contributed by atoms with Crippen LogP contribution in [-0.4, -0.2) is 4.98 Å². The summed E-state index contributed by atoms with van der Waals surface area (Å²) in [5.74, 6) is 0.293. The number of nitrogens with zero attached hydrogens (tertiary/aromatic N) is 1. The zero-order chi connectivity index (χ0) is 14.7. The van der Waals surface area contributed by atoms with Gasteiger partial charge in [-0.3, -0.25) is 4.98 Å². The number of pyridine rings is 1. The molecule has 21 heavy (non-hydrogen) atoms. The second-order valence-corrected chi connectivity index (χ2v) is 4.74. The Hall–Kier alpha value is -2.46. The van der Waals surface area contributed by atoms with Crippen molar-refractivity contribution in [3.05, 3.63) is 71.7 Å². The Bertz CT molecular complexity index is 768. The van der Waals surface area contributed by atoms with Crippen LogP contribution in [0.4, 0.5) is 4.39 Å². The number of para-hydroxylation sites is 1. The molecule has 2 N–H and O–H groups in total. The number of nitrogens with two attached hydrogens (primary N) is 1. The van der Waals surface area contributed by atoms with Crippen molar-refractivity contribution in [2.75, 3.05) is 0 Å². The third-order valence-corrected chi connectivity index (χ3v) is 3.34. The number of benzene rings is 2. The van der Waals surface area contributed by atoms with Gasteiger partial charge < -0.3 is 10.5 Å². The van der Waals surface area contributed by atoms with Crippen LogP contribution in [0.5, 0.6) is 5.75 Å². The number of ether oxygens (including phenoxy) is 1. The van der Waals surface area contributed by atoms with Crippen molar-refractivity contribution in [3.63, 3.8) is 0 Å². The minimum absolute atomic E-state index is 0.237. The first kappa shape index (κ1) is 13.5. The quantitative estimate of drug-likeness (QED) is 0.797. The van der Waals surface area contributed by atoms with Gasteiger partial charge in [-0.2, -0.15) is 0 Å². The smallest absolute Gasteiger partial charge is 0.124 e. The van der Waals surface area contributed by atoms with Gasteiger partial charge in [0, 0.05) is 29.3 Å². The molecular formula is C17H15FN2O. The zero-order valence-electron chi connectivity index (χ0n) is 11.4. The molecule has 0 atom stereocenters. The summed E-state index contributed by atoms with van der Waals surface area (Å²) >= 11 is 0. The van der Waals surface area contributed by atoms with E-state index < -0.39 is 0 Å². The summed E-state index contributed by atoms with van der Waals surface area (Å²) in [7, 11) is 0. The van der Waals surface area contributed by atoms with E-state index in [9.17, 15) is 4.39 Å². The van der Waals surface area contributed by atoms with E-state index in [4.69, 9.17) is 10.5 Å². The topological polar surface area (TPSA) is 48.1 Å². The molecule has 0 fully saturated rings. The van der Waals surface area contributed by atoms with Crippen molar-refractivity contribution in [2.45, 2.75) is 13.2 Å². The average molecular weight is 282 g/mol. The van der Waals surface area contributed by atoms with E-state index in [0.717, 1.165) is 16.5 Å². The summed E-state index contributed by atoms with van der Waals surface area (Å²) in [6.45, 7) is 0.605. The highest BCUT2D eigenvalue weighted by Crippen LogP contribution is 2.22. The predicted octanol–water partition coefficient (Wildman–Crippen LogP) is 3.41. The fraction of sp³-hybridized carbons (Fsp3) is 0.118. The second-order valence-electron chi connectivity index (χ2n) is 4.74. The van der Waals surface area contributed by atoms with Gasteiger partial charge in [0.05, 0.1) is 5.52 Å². The van der Waals surface area contributed by atoms with E-state index in [1.54, 1.807) is 12.3 Å². The number of rotatable bonds is 4. The number of hydrogen-bond acceptors (Lipinski definition) is 3. The maximum atomic E-state index is 13.2. The number of aromatic nitrogens is 1. The van der Waals surface area contributed by atoms with Crippen molar-refractivity contribution in [1.29, 1.82) is 0 Å².